The Hall–Kier alpha value is -2.32. The second-order valence-electron chi connectivity index (χ2n) is 9.02. The van der Waals surface area contributed by atoms with E-state index in [0.29, 0.717) is 48.6 Å². The van der Waals surface area contributed by atoms with Crippen molar-refractivity contribution in [2.75, 3.05) is 25.5 Å². The summed E-state index contributed by atoms with van der Waals surface area (Å²) in [5.41, 5.74) is 2.75. The molecule has 0 bridgehead atoms. The first-order valence-electron chi connectivity index (χ1n) is 10.4. The van der Waals surface area contributed by atoms with E-state index in [9.17, 15) is 13.9 Å². The number of piperidine rings is 1. The summed E-state index contributed by atoms with van der Waals surface area (Å²) in [6.45, 7) is 3.10. The van der Waals surface area contributed by atoms with E-state index in [2.05, 4.69) is 15.5 Å². The summed E-state index contributed by atoms with van der Waals surface area (Å²) in [4.78, 5) is 1.97. The lowest BCUT2D eigenvalue weighted by atomic mass is 9.93. The van der Waals surface area contributed by atoms with Crippen LogP contribution in [0.5, 0.6) is 5.75 Å². The maximum atomic E-state index is 14.2. The van der Waals surface area contributed by atoms with Gasteiger partial charge in [0, 0.05) is 48.7 Å². The summed E-state index contributed by atoms with van der Waals surface area (Å²) in [7, 11) is 1.91. The fraction of sp³-hybridized carbons (Fsp3) is 0.545. The first kappa shape index (κ1) is 19.6. The number of nitrogens with one attached hydrogen (secondary N) is 1. The second kappa shape index (κ2) is 7.13. The van der Waals surface area contributed by atoms with E-state index >= 15 is 0 Å². The van der Waals surface area contributed by atoms with Gasteiger partial charge >= 0.3 is 0 Å². The number of ether oxygens (including phenoxy) is 1. The third-order valence-electron chi connectivity index (χ3n) is 6.47. The molecule has 30 heavy (non-hydrogen) atoms. The summed E-state index contributed by atoms with van der Waals surface area (Å²) < 4.78 is 34.4. The van der Waals surface area contributed by atoms with Crippen LogP contribution < -0.4 is 5.32 Å². The summed E-state index contributed by atoms with van der Waals surface area (Å²) in [5, 5.41) is 22.6. The Balaban J connectivity index is 1.55. The molecule has 160 valence electrons. The highest BCUT2D eigenvalue weighted by atomic mass is 19.1. The molecule has 5 rings (SSSR count). The minimum Gasteiger partial charge on any atom is -0.507 e. The minimum absolute atomic E-state index is 0.0352. The number of likely N-dealkylation sites (tertiary alicyclic amines) is 1. The molecule has 2 fully saturated rings. The third kappa shape index (κ3) is 3.52. The minimum atomic E-state index is -0.880. The number of rotatable bonds is 3. The number of hydrogen-bond acceptors (Lipinski definition) is 6. The average molecular weight is 416 g/mol. The zero-order valence-electron chi connectivity index (χ0n) is 17.2. The van der Waals surface area contributed by atoms with Crippen molar-refractivity contribution in [2.24, 2.45) is 0 Å². The fourth-order valence-corrected chi connectivity index (χ4v) is 4.64. The van der Waals surface area contributed by atoms with Crippen LogP contribution in [-0.4, -0.2) is 58.2 Å². The number of aromatic nitrogens is 2. The number of hydrogen-bond donors (Lipinski definition) is 2. The maximum absolute atomic E-state index is 14.2. The SMILES string of the molecule is Cc1cc(O)c(-c2nnc(N[C@@H]3C[C@@H](F)CN(C)C3)c3c2COC2(CC2)C3)cc1F. The Labute approximate surface area is 174 Å². The van der Waals surface area contributed by atoms with Crippen LogP contribution in [0.15, 0.2) is 12.1 Å². The molecular formula is C22H26F2N4O2. The molecule has 0 amide bonds. The molecule has 8 heteroatoms. The number of phenolic OH excluding ortho intramolecular Hbond substituents is 1. The van der Waals surface area contributed by atoms with Gasteiger partial charge in [-0.1, -0.05) is 0 Å². The van der Waals surface area contributed by atoms with E-state index < -0.39 is 12.0 Å². The predicted octanol–water partition coefficient (Wildman–Crippen LogP) is 3.36. The van der Waals surface area contributed by atoms with Crippen molar-refractivity contribution in [1.29, 1.82) is 0 Å². The van der Waals surface area contributed by atoms with Crippen LogP contribution >= 0.6 is 0 Å². The van der Waals surface area contributed by atoms with Crippen LogP contribution in [-0.2, 0) is 17.8 Å². The quantitative estimate of drug-likeness (QED) is 0.800. The molecule has 6 nitrogen and oxygen atoms in total. The van der Waals surface area contributed by atoms with Crippen LogP contribution in [0, 0.1) is 12.7 Å². The lowest BCUT2D eigenvalue weighted by molar-refractivity contribution is 0.00827. The molecule has 1 saturated carbocycles. The molecule has 1 spiro atoms. The van der Waals surface area contributed by atoms with Crippen molar-refractivity contribution < 1.29 is 18.6 Å². The Morgan fingerprint density at radius 2 is 2.03 bits per heavy atom. The van der Waals surface area contributed by atoms with E-state index in [4.69, 9.17) is 4.74 Å². The van der Waals surface area contributed by atoms with Gasteiger partial charge in [-0.2, -0.15) is 0 Å². The van der Waals surface area contributed by atoms with Crippen molar-refractivity contribution in [3.8, 4) is 17.0 Å². The first-order valence-corrected chi connectivity index (χ1v) is 10.4. The van der Waals surface area contributed by atoms with Crippen molar-refractivity contribution in [2.45, 2.75) is 57.0 Å². The van der Waals surface area contributed by atoms with Gasteiger partial charge in [-0.25, -0.2) is 8.78 Å². The highest BCUT2D eigenvalue weighted by Crippen LogP contribution is 2.49. The van der Waals surface area contributed by atoms with Gasteiger partial charge in [0.25, 0.3) is 0 Å². The molecule has 2 aliphatic heterocycles. The van der Waals surface area contributed by atoms with Crippen molar-refractivity contribution in [1.82, 2.24) is 15.1 Å². The third-order valence-corrected chi connectivity index (χ3v) is 6.47. The maximum Gasteiger partial charge on any atom is 0.152 e. The highest BCUT2D eigenvalue weighted by molar-refractivity contribution is 5.73. The molecule has 0 unspecified atom stereocenters. The van der Waals surface area contributed by atoms with Crippen molar-refractivity contribution >= 4 is 5.82 Å². The van der Waals surface area contributed by atoms with E-state index in [1.807, 2.05) is 11.9 Å². The van der Waals surface area contributed by atoms with E-state index in [0.717, 1.165) is 30.5 Å². The molecule has 2 atom stereocenters. The van der Waals surface area contributed by atoms with Gasteiger partial charge in [-0.3, -0.25) is 0 Å². The number of likely N-dealkylation sites (N-methyl/N-ethyl adjacent to an activating group) is 1. The monoisotopic (exact) mass is 416 g/mol. The number of nitrogens with zero attached hydrogens (tertiary/aromatic N) is 3. The summed E-state index contributed by atoms with van der Waals surface area (Å²) >= 11 is 0. The summed E-state index contributed by atoms with van der Waals surface area (Å²) in [5.74, 6) is 0.199. The molecule has 1 aromatic carbocycles. The molecule has 1 aromatic heterocycles. The lowest BCUT2D eigenvalue weighted by Crippen LogP contribution is -2.45. The number of halogens is 2. The average Bonchev–Trinajstić information content (AvgIpc) is 3.43. The van der Waals surface area contributed by atoms with Crippen molar-refractivity contribution in [3.63, 3.8) is 0 Å². The van der Waals surface area contributed by atoms with Gasteiger partial charge in [0.05, 0.1) is 12.2 Å². The number of fused-ring (bicyclic) bond motifs is 1. The van der Waals surface area contributed by atoms with Crippen molar-refractivity contribution in [3.05, 3.63) is 34.6 Å². The van der Waals surface area contributed by atoms with Gasteiger partial charge in [0.15, 0.2) is 5.82 Å². The normalized spacial score (nSPS) is 25.2. The summed E-state index contributed by atoms with van der Waals surface area (Å²) in [6, 6.07) is 2.63. The van der Waals surface area contributed by atoms with Gasteiger partial charge in [0.2, 0.25) is 0 Å². The summed E-state index contributed by atoms with van der Waals surface area (Å²) in [6.07, 6.45) is 2.21. The fourth-order valence-electron chi connectivity index (χ4n) is 4.64. The molecule has 1 aliphatic carbocycles. The largest absolute Gasteiger partial charge is 0.507 e. The number of aryl methyl sites for hydroxylation is 1. The van der Waals surface area contributed by atoms with E-state index in [1.54, 1.807) is 6.92 Å². The van der Waals surface area contributed by atoms with E-state index in [-0.39, 0.29) is 17.4 Å². The van der Waals surface area contributed by atoms with Crippen LogP contribution in [0.3, 0.4) is 0 Å². The van der Waals surface area contributed by atoms with Crippen LogP contribution in [0.2, 0.25) is 0 Å². The number of aromatic hydroxyl groups is 1. The smallest absolute Gasteiger partial charge is 0.152 e. The highest BCUT2D eigenvalue weighted by Gasteiger charge is 2.48. The Morgan fingerprint density at radius 3 is 2.77 bits per heavy atom. The van der Waals surface area contributed by atoms with Gasteiger partial charge in [-0.15, -0.1) is 10.2 Å². The Bertz CT molecular complexity index is 986. The van der Waals surface area contributed by atoms with E-state index in [1.165, 1.54) is 12.1 Å². The molecule has 3 heterocycles. The van der Waals surface area contributed by atoms with Gasteiger partial charge < -0.3 is 20.1 Å². The standard InChI is InChI=1S/C22H26F2N4O2/c1-12-5-19(29)15(7-18(12)24)20-17-11-30-22(3-4-22)8-16(17)21(27-26-20)25-14-6-13(23)9-28(2)10-14/h5,7,13-14,29H,3-4,6,8-11H2,1-2H3,(H,25,27)/t13-,14-/m1/s1. The number of benzene rings is 1. The van der Waals surface area contributed by atoms with Gasteiger partial charge in [0.1, 0.15) is 23.4 Å². The lowest BCUT2D eigenvalue weighted by Gasteiger charge is -2.34. The number of alkyl halides is 1. The van der Waals surface area contributed by atoms with Crippen LogP contribution in [0.1, 0.15) is 36.0 Å². The topological polar surface area (TPSA) is 70.5 Å². The molecule has 3 aliphatic rings. The zero-order chi connectivity index (χ0) is 21.0. The Morgan fingerprint density at radius 1 is 1.23 bits per heavy atom. The molecule has 1 saturated heterocycles. The molecule has 2 N–H and O–H groups in total. The van der Waals surface area contributed by atoms with Crippen LogP contribution in [0.4, 0.5) is 14.6 Å². The van der Waals surface area contributed by atoms with Gasteiger partial charge in [-0.05, 0) is 44.5 Å². The number of anilines is 1. The second-order valence-corrected chi connectivity index (χ2v) is 9.02. The van der Waals surface area contributed by atoms with Crippen LogP contribution in [0.25, 0.3) is 11.3 Å². The first-order chi connectivity index (χ1) is 14.3. The molecule has 0 radical (unpaired) electrons. The Kier molecular flexibility index (Phi) is 4.67. The zero-order valence-corrected chi connectivity index (χ0v) is 17.2. The predicted molar refractivity (Wildman–Crippen MR) is 109 cm³/mol. The molecular weight excluding hydrogens is 390 g/mol. The molecule has 2 aromatic rings. The number of phenols is 1.